The lowest BCUT2D eigenvalue weighted by atomic mass is 9.90. The first-order valence-corrected chi connectivity index (χ1v) is 7.58. The minimum Gasteiger partial charge on any atom is -0.307 e. The van der Waals surface area contributed by atoms with Crippen molar-refractivity contribution in [2.75, 3.05) is 20.1 Å². The summed E-state index contributed by atoms with van der Waals surface area (Å²) in [5.74, 6) is 0.783. The van der Waals surface area contributed by atoms with E-state index in [0.29, 0.717) is 12.1 Å². The maximum Gasteiger partial charge on any atom is 0.0296 e. The van der Waals surface area contributed by atoms with Gasteiger partial charge in [0.2, 0.25) is 0 Å². The van der Waals surface area contributed by atoms with Crippen molar-refractivity contribution < 1.29 is 0 Å². The Morgan fingerprint density at radius 1 is 1.26 bits per heavy atom. The molecule has 1 fully saturated rings. The lowest BCUT2D eigenvalue weighted by Crippen LogP contribution is -2.43. The van der Waals surface area contributed by atoms with Crippen LogP contribution < -0.4 is 5.32 Å². The Kier molecular flexibility index (Phi) is 5.00. The molecule has 1 saturated heterocycles. The van der Waals surface area contributed by atoms with Gasteiger partial charge in [0.05, 0.1) is 0 Å². The van der Waals surface area contributed by atoms with Crippen LogP contribution in [0.3, 0.4) is 0 Å². The van der Waals surface area contributed by atoms with Gasteiger partial charge in [-0.25, -0.2) is 0 Å². The van der Waals surface area contributed by atoms with Crippen LogP contribution in [0, 0.1) is 12.8 Å². The third-order valence-electron chi connectivity index (χ3n) is 4.54. The molecular formula is C17H28N2. The molecule has 1 N–H and O–H groups in total. The number of rotatable bonds is 4. The highest BCUT2D eigenvalue weighted by molar-refractivity contribution is 5.28. The fraction of sp³-hybridized carbons (Fsp3) is 0.647. The van der Waals surface area contributed by atoms with Crippen molar-refractivity contribution in [3.63, 3.8) is 0 Å². The molecule has 2 nitrogen and oxygen atoms in total. The zero-order valence-electron chi connectivity index (χ0n) is 12.8. The number of hydrogen-bond acceptors (Lipinski definition) is 2. The maximum atomic E-state index is 3.80. The van der Waals surface area contributed by atoms with Gasteiger partial charge in [-0.15, -0.1) is 0 Å². The van der Waals surface area contributed by atoms with Gasteiger partial charge in [0, 0.05) is 18.6 Å². The Hall–Kier alpha value is -0.860. The Balaban J connectivity index is 1.95. The average Bonchev–Trinajstić information content (AvgIpc) is 2.39. The minimum atomic E-state index is 0.434. The van der Waals surface area contributed by atoms with E-state index in [1.807, 2.05) is 0 Å². The van der Waals surface area contributed by atoms with Gasteiger partial charge in [0.1, 0.15) is 0 Å². The fourth-order valence-electron chi connectivity index (χ4n) is 3.31. The largest absolute Gasteiger partial charge is 0.307 e. The zero-order valence-corrected chi connectivity index (χ0v) is 12.8. The summed E-state index contributed by atoms with van der Waals surface area (Å²) in [7, 11) is 2.24. The normalized spacial score (nSPS) is 24.1. The van der Waals surface area contributed by atoms with Crippen molar-refractivity contribution in [3.8, 4) is 0 Å². The van der Waals surface area contributed by atoms with Gasteiger partial charge in [-0.3, -0.25) is 0 Å². The molecule has 1 aliphatic heterocycles. The highest BCUT2D eigenvalue weighted by atomic mass is 15.1. The molecule has 0 bridgehead atoms. The number of hydrogen-bond donors (Lipinski definition) is 1. The predicted octanol–water partition coefficient (Wildman–Crippen LogP) is 3.38. The van der Waals surface area contributed by atoms with E-state index in [1.165, 1.54) is 37.1 Å². The third-order valence-corrected chi connectivity index (χ3v) is 4.54. The second-order valence-electron chi connectivity index (χ2n) is 6.20. The maximum absolute atomic E-state index is 3.80. The first-order valence-electron chi connectivity index (χ1n) is 7.58. The molecule has 0 aliphatic carbocycles. The summed E-state index contributed by atoms with van der Waals surface area (Å²) in [6, 6.07) is 9.71. The van der Waals surface area contributed by atoms with Crippen LogP contribution in [0.2, 0.25) is 0 Å². The minimum absolute atomic E-state index is 0.434. The van der Waals surface area contributed by atoms with E-state index in [1.54, 1.807) is 0 Å². The molecule has 1 aliphatic rings. The van der Waals surface area contributed by atoms with Gasteiger partial charge in [-0.2, -0.15) is 0 Å². The summed E-state index contributed by atoms with van der Waals surface area (Å²) in [4.78, 5) is 2.46. The standard InChI is InChI=1S/C17H28N2/c1-13-8-5-6-10-17(13)15(3)18-14(2)16-9-7-11-19(4)12-16/h5-6,8,10,14-16,18H,7,9,11-12H2,1-4H3/t14?,15-,16?/m0/s1. The molecule has 0 amide bonds. The molecule has 1 aromatic rings. The summed E-state index contributed by atoms with van der Waals surface area (Å²) in [5, 5.41) is 3.80. The monoisotopic (exact) mass is 260 g/mol. The van der Waals surface area contributed by atoms with E-state index in [4.69, 9.17) is 0 Å². The molecule has 0 saturated carbocycles. The topological polar surface area (TPSA) is 15.3 Å². The molecule has 2 unspecified atom stereocenters. The quantitative estimate of drug-likeness (QED) is 0.893. The van der Waals surface area contributed by atoms with Crippen molar-refractivity contribution in [3.05, 3.63) is 35.4 Å². The third kappa shape index (κ3) is 3.80. The van der Waals surface area contributed by atoms with Crippen LogP contribution in [0.5, 0.6) is 0 Å². The number of nitrogens with one attached hydrogen (secondary N) is 1. The molecular weight excluding hydrogens is 232 g/mol. The predicted molar refractivity (Wildman–Crippen MR) is 82.4 cm³/mol. The number of piperidine rings is 1. The molecule has 0 spiro atoms. The molecule has 1 aromatic carbocycles. The first kappa shape index (κ1) is 14.5. The summed E-state index contributed by atoms with van der Waals surface area (Å²) >= 11 is 0. The Labute approximate surface area is 118 Å². The Bertz CT molecular complexity index is 402. The number of benzene rings is 1. The summed E-state index contributed by atoms with van der Waals surface area (Å²) < 4.78 is 0. The van der Waals surface area contributed by atoms with Crippen molar-refractivity contribution in [2.24, 2.45) is 5.92 Å². The van der Waals surface area contributed by atoms with Gasteiger partial charge in [-0.1, -0.05) is 24.3 Å². The van der Waals surface area contributed by atoms with E-state index < -0.39 is 0 Å². The second-order valence-corrected chi connectivity index (χ2v) is 6.20. The number of likely N-dealkylation sites (tertiary alicyclic amines) is 1. The molecule has 1 heterocycles. The highest BCUT2D eigenvalue weighted by Gasteiger charge is 2.24. The van der Waals surface area contributed by atoms with Crippen LogP contribution in [0.15, 0.2) is 24.3 Å². The van der Waals surface area contributed by atoms with Crippen molar-refractivity contribution in [1.29, 1.82) is 0 Å². The highest BCUT2D eigenvalue weighted by Crippen LogP contribution is 2.22. The van der Waals surface area contributed by atoms with E-state index in [2.05, 4.69) is 62.3 Å². The van der Waals surface area contributed by atoms with Crippen molar-refractivity contribution in [2.45, 2.75) is 45.7 Å². The second kappa shape index (κ2) is 6.53. The zero-order chi connectivity index (χ0) is 13.8. The summed E-state index contributed by atoms with van der Waals surface area (Å²) in [5.41, 5.74) is 2.81. The van der Waals surface area contributed by atoms with E-state index >= 15 is 0 Å². The van der Waals surface area contributed by atoms with Crippen LogP contribution in [0.1, 0.15) is 43.9 Å². The molecule has 2 rings (SSSR count). The van der Waals surface area contributed by atoms with Gasteiger partial charge >= 0.3 is 0 Å². The van der Waals surface area contributed by atoms with Gasteiger partial charge < -0.3 is 10.2 Å². The van der Waals surface area contributed by atoms with E-state index in [9.17, 15) is 0 Å². The van der Waals surface area contributed by atoms with Crippen molar-refractivity contribution in [1.82, 2.24) is 10.2 Å². The first-order chi connectivity index (χ1) is 9.08. The van der Waals surface area contributed by atoms with Gasteiger partial charge in [-0.05, 0) is 64.3 Å². The molecule has 3 atom stereocenters. The number of nitrogens with zero attached hydrogens (tertiary/aromatic N) is 1. The van der Waals surface area contributed by atoms with Gasteiger partial charge in [0.25, 0.3) is 0 Å². The SMILES string of the molecule is Cc1ccccc1[C@H](C)NC(C)C1CCCN(C)C1. The Morgan fingerprint density at radius 2 is 2.00 bits per heavy atom. The van der Waals surface area contributed by atoms with Crippen LogP contribution in [-0.4, -0.2) is 31.1 Å². The molecule has 0 aromatic heterocycles. The van der Waals surface area contributed by atoms with Crippen molar-refractivity contribution >= 4 is 0 Å². The lowest BCUT2D eigenvalue weighted by molar-refractivity contribution is 0.174. The summed E-state index contributed by atoms with van der Waals surface area (Å²) in [6.07, 6.45) is 2.70. The molecule has 19 heavy (non-hydrogen) atoms. The molecule has 0 radical (unpaired) electrons. The number of aryl methyl sites for hydroxylation is 1. The van der Waals surface area contributed by atoms with Crippen LogP contribution >= 0.6 is 0 Å². The smallest absolute Gasteiger partial charge is 0.0296 e. The van der Waals surface area contributed by atoms with Crippen LogP contribution in [0.25, 0.3) is 0 Å². The lowest BCUT2D eigenvalue weighted by Gasteiger charge is -2.35. The molecule has 106 valence electrons. The van der Waals surface area contributed by atoms with E-state index in [-0.39, 0.29) is 0 Å². The fourth-order valence-corrected chi connectivity index (χ4v) is 3.31. The molecule has 2 heteroatoms. The van der Waals surface area contributed by atoms with Crippen LogP contribution in [0.4, 0.5) is 0 Å². The van der Waals surface area contributed by atoms with E-state index in [0.717, 1.165) is 5.92 Å². The summed E-state index contributed by atoms with van der Waals surface area (Å²) in [6.45, 7) is 9.32. The average molecular weight is 260 g/mol. The van der Waals surface area contributed by atoms with Gasteiger partial charge in [0.15, 0.2) is 0 Å². The van der Waals surface area contributed by atoms with Crippen LogP contribution in [-0.2, 0) is 0 Å². The Morgan fingerprint density at radius 3 is 2.68 bits per heavy atom.